The molecule has 0 fully saturated rings. The van der Waals surface area contributed by atoms with Crippen LogP contribution in [0.5, 0.6) is 5.75 Å². The summed E-state index contributed by atoms with van der Waals surface area (Å²) in [6.07, 6.45) is 1.60. The lowest BCUT2D eigenvalue weighted by molar-refractivity contribution is 0.0465. The Bertz CT molecular complexity index is 977. The quantitative estimate of drug-likeness (QED) is 0.494. The second-order valence-electron chi connectivity index (χ2n) is 6.14. The van der Waals surface area contributed by atoms with Gasteiger partial charge in [0.15, 0.2) is 12.4 Å². The van der Waals surface area contributed by atoms with Gasteiger partial charge in [-0.25, -0.2) is 9.48 Å². The Morgan fingerprint density at radius 3 is 2.52 bits per heavy atom. The first-order valence-corrected chi connectivity index (χ1v) is 8.46. The van der Waals surface area contributed by atoms with Crippen LogP contribution in [0.15, 0.2) is 54.7 Å². The molecule has 1 aromatic heterocycles. The van der Waals surface area contributed by atoms with Gasteiger partial charge in [-0.3, -0.25) is 4.79 Å². The number of ether oxygens (including phenoxy) is 2. The Morgan fingerprint density at radius 1 is 1.07 bits per heavy atom. The highest BCUT2D eigenvalue weighted by molar-refractivity contribution is 6.00. The van der Waals surface area contributed by atoms with E-state index in [1.54, 1.807) is 12.3 Å². The van der Waals surface area contributed by atoms with Gasteiger partial charge in [0, 0.05) is 5.56 Å². The zero-order valence-electron chi connectivity index (χ0n) is 15.4. The van der Waals surface area contributed by atoms with Crippen LogP contribution in [0.4, 0.5) is 0 Å². The van der Waals surface area contributed by atoms with Crippen molar-refractivity contribution in [3.05, 3.63) is 77.1 Å². The van der Waals surface area contributed by atoms with E-state index in [1.807, 2.05) is 56.3 Å². The van der Waals surface area contributed by atoms with Gasteiger partial charge in [-0.2, -0.15) is 5.10 Å². The molecule has 0 saturated carbocycles. The van der Waals surface area contributed by atoms with Gasteiger partial charge in [0.05, 0.1) is 19.0 Å². The maximum absolute atomic E-state index is 12.4. The number of ketones is 1. The van der Waals surface area contributed by atoms with E-state index in [9.17, 15) is 9.59 Å². The molecule has 6 nitrogen and oxygen atoms in total. The van der Waals surface area contributed by atoms with Crippen LogP contribution in [-0.4, -0.2) is 35.2 Å². The van der Waals surface area contributed by atoms with Gasteiger partial charge < -0.3 is 9.47 Å². The van der Waals surface area contributed by atoms with E-state index in [2.05, 4.69) is 5.10 Å². The average Bonchev–Trinajstić information content (AvgIpc) is 3.13. The number of para-hydroxylation sites is 1. The number of aromatic nitrogens is 2. The van der Waals surface area contributed by atoms with Crippen molar-refractivity contribution in [1.29, 1.82) is 0 Å². The largest absolute Gasteiger partial charge is 0.493 e. The minimum Gasteiger partial charge on any atom is -0.493 e. The molecule has 2 aromatic carbocycles. The van der Waals surface area contributed by atoms with Gasteiger partial charge in [-0.15, -0.1) is 0 Å². The van der Waals surface area contributed by atoms with E-state index in [0.717, 1.165) is 16.8 Å². The summed E-state index contributed by atoms with van der Waals surface area (Å²) in [6, 6.07) is 14.9. The molecule has 1 heterocycles. The number of Topliss-reactive ketones (excluding diaryl/α,β-unsaturated/α-hetero) is 1. The van der Waals surface area contributed by atoms with E-state index in [-0.39, 0.29) is 23.8 Å². The highest BCUT2D eigenvalue weighted by Gasteiger charge is 2.21. The van der Waals surface area contributed by atoms with Crippen molar-refractivity contribution in [2.45, 2.75) is 13.8 Å². The van der Waals surface area contributed by atoms with Crippen LogP contribution in [0.25, 0.3) is 5.69 Å². The van der Waals surface area contributed by atoms with Crippen LogP contribution in [-0.2, 0) is 4.74 Å². The number of benzene rings is 2. The molecule has 0 N–H and O–H groups in total. The lowest BCUT2D eigenvalue weighted by atomic mass is 10.0. The number of aryl methyl sites for hydroxylation is 2. The second kappa shape index (κ2) is 7.86. The molecular weight excluding hydrogens is 344 g/mol. The van der Waals surface area contributed by atoms with E-state index in [4.69, 9.17) is 9.47 Å². The van der Waals surface area contributed by atoms with Crippen molar-refractivity contribution < 1.29 is 19.1 Å². The van der Waals surface area contributed by atoms with Gasteiger partial charge in [-0.05, 0) is 37.6 Å². The summed E-state index contributed by atoms with van der Waals surface area (Å²) in [6.45, 7) is 3.40. The van der Waals surface area contributed by atoms with Crippen LogP contribution in [0.3, 0.4) is 0 Å². The summed E-state index contributed by atoms with van der Waals surface area (Å²) in [5.74, 6) is -0.686. The number of rotatable bonds is 6. The van der Waals surface area contributed by atoms with Gasteiger partial charge in [-0.1, -0.05) is 35.9 Å². The molecule has 138 valence electrons. The molecule has 0 aliphatic rings. The maximum Gasteiger partial charge on any atom is 0.363 e. The maximum atomic E-state index is 12.4. The third-order valence-corrected chi connectivity index (χ3v) is 4.14. The summed E-state index contributed by atoms with van der Waals surface area (Å²) < 4.78 is 11.9. The Labute approximate surface area is 157 Å². The number of methoxy groups -OCH3 is 1. The number of esters is 1. The van der Waals surface area contributed by atoms with Crippen LogP contribution >= 0.6 is 0 Å². The monoisotopic (exact) mass is 364 g/mol. The van der Waals surface area contributed by atoms with Crippen LogP contribution in [0.2, 0.25) is 0 Å². The topological polar surface area (TPSA) is 70.4 Å². The predicted molar refractivity (Wildman–Crippen MR) is 101 cm³/mol. The Morgan fingerprint density at radius 2 is 1.81 bits per heavy atom. The molecule has 0 radical (unpaired) electrons. The summed E-state index contributed by atoms with van der Waals surface area (Å²) in [5, 5.41) is 4.24. The molecular formula is C21H20N2O4. The minimum atomic E-state index is -0.708. The molecule has 6 heteroatoms. The summed E-state index contributed by atoms with van der Waals surface area (Å²) in [4.78, 5) is 24.8. The van der Waals surface area contributed by atoms with Crippen LogP contribution in [0, 0.1) is 13.8 Å². The van der Waals surface area contributed by atoms with Crippen molar-refractivity contribution in [2.75, 3.05) is 13.7 Å². The first kappa shape index (κ1) is 18.4. The van der Waals surface area contributed by atoms with Crippen LogP contribution in [0.1, 0.15) is 32.0 Å². The Kier molecular flexibility index (Phi) is 5.35. The van der Waals surface area contributed by atoms with Crippen molar-refractivity contribution >= 4 is 11.8 Å². The third kappa shape index (κ3) is 4.06. The molecule has 0 amide bonds. The fraction of sp³-hybridized carbons (Fsp3) is 0.190. The molecule has 0 bridgehead atoms. The lowest BCUT2D eigenvalue weighted by Gasteiger charge is -2.07. The molecule has 3 rings (SSSR count). The second-order valence-corrected chi connectivity index (χ2v) is 6.14. The molecule has 3 aromatic rings. The number of carbonyl (C=O) groups is 2. The standard InChI is InChI=1S/C21H20N2O4/c1-14-9-10-15(2)17(11-14)18(24)13-27-21(25)20-19(26-3)12-23(22-20)16-7-5-4-6-8-16/h4-12H,13H2,1-3H3. The average molecular weight is 364 g/mol. The van der Waals surface area contributed by atoms with E-state index in [0.29, 0.717) is 5.56 Å². The predicted octanol–water partition coefficient (Wildman–Crippen LogP) is 3.54. The Hall–Kier alpha value is -3.41. The lowest BCUT2D eigenvalue weighted by Crippen LogP contribution is -2.16. The molecule has 0 saturated heterocycles. The van der Waals surface area contributed by atoms with E-state index < -0.39 is 5.97 Å². The van der Waals surface area contributed by atoms with Gasteiger partial charge in [0.1, 0.15) is 0 Å². The fourth-order valence-electron chi connectivity index (χ4n) is 2.68. The number of carbonyl (C=O) groups excluding carboxylic acids is 2. The zero-order valence-corrected chi connectivity index (χ0v) is 15.4. The van der Waals surface area contributed by atoms with Gasteiger partial charge in [0.25, 0.3) is 0 Å². The van der Waals surface area contributed by atoms with Crippen molar-refractivity contribution in [2.24, 2.45) is 0 Å². The molecule has 0 spiro atoms. The molecule has 0 aliphatic carbocycles. The highest BCUT2D eigenvalue weighted by atomic mass is 16.5. The van der Waals surface area contributed by atoms with Crippen molar-refractivity contribution in [3.8, 4) is 11.4 Å². The van der Waals surface area contributed by atoms with Crippen LogP contribution < -0.4 is 4.74 Å². The van der Waals surface area contributed by atoms with Gasteiger partial charge in [0.2, 0.25) is 11.5 Å². The molecule has 0 aliphatic heterocycles. The van der Waals surface area contributed by atoms with Gasteiger partial charge >= 0.3 is 5.97 Å². The SMILES string of the molecule is COc1cn(-c2ccccc2)nc1C(=O)OCC(=O)c1cc(C)ccc1C. The molecule has 0 unspecified atom stereocenters. The van der Waals surface area contributed by atoms with E-state index in [1.165, 1.54) is 11.8 Å². The fourth-order valence-corrected chi connectivity index (χ4v) is 2.68. The summed E-state index contributed by atoms with van der Waals surface area (Å²) in [7, 11) is 1.45. The first-order chi connectivity index (χ1) is 13.0. The smallest absolute Gasteiger partial charge is 0.363 e. The Balaban J connectivity index is 1.75. The third-order valence-electron chi connectivity index (χ3n) is 4.14. The first-order valence-electron chi connectivity index (χ1n) is 8.46. The number of hydrogen-bond acceptors (Lipinski definition) is 5. The highest BCUT2D eigenvalue weighted by Crippen LogP contribution is 2.20. The summed E-state index contributed by atoms with van der Waals surface area (Å²) in [5.41, 5.74) is 3.16. The minimum absolute atomic E-state index is 0.0233. The normalized spacial score (nSPS) is 10.5. The summed E-state index contributed by atoms with van der Waals surface area (Å²) >= 11 is 0. The zero-order chi connectivity index (χ0) is 19.4. The molecule has 27 heavy (non-hydrogen) atoms. The number of hydrogen-bond donors (Lipinski definition) is 0. The number of nitrogens with zero attached hydrogens (tertiary/aromatic N) is 2. The van der Waals surface area contributed by atoms with Crippen molar-refractivity contribution in [1.82, 2.24) is 9.78 Å². The van der Waals surface area contributed by atoms with Crippen molar-refractivity contribution in [3.63, 3.8) is 0 Å². The molecule has 0 atom stereocenters. The van der Waals surface area contributed by atoms with E-state index >= 15 is 0 Å².